The van der Waals surface area contributed by atoms with E-state index in [2.05, 4.69) is 20.2 Å². The normalized spacial score (nSPS) is 24.0. The van der Waals surface area contributed by atoms with Gasteiger partial charge in [0.05, 0.1) is 35.0 Å². The van der Waals surface area contributed by atoms with Crippen LogP contribution in [0.4, 0.5) is 34.1 Å². The maximum atomic E-state index is 15.7. The molecule has 0 bridgehead atoms. The summed E-state index contributed by atoms with van der Waals surface area (Å²) in [5.41, 5.74) is -0.636. The van der Waals surface area contributed by atoms with Crippen LogP contribution in [-0.2, 0) is 14.3 Å². The molecule has 3 aliphatic heterocycles. The van der Waals surface area contributed by atoms with Gasteiger partial charge in [0, 0.05) is 62.3 Å². The van der Waals surface area contributed by atoms with Crippen molar-refractivity contribution < 1.29 is 31.9 Å². The van der Waals surface area contributed by atoms with Gasteiger partial charge in [0.1, 0.15) is 11.7 Å². The Hall–Kier alpha value is -3.36. The summed E-state index contributed by atoms with van der Waals surface area (Å²) in [4.78, 5) is 39.4. The molecule has 9 nitrogen and oxygen atoms in total. The zero-order valence-electron chi connectivity index (χ0n) is 22.7. The molecule has 1 N–H and O–H groups in total. The Bertz CT molecular complexity index is 1380. The number of carbonyl (C=O) groups excluding carboxylic acids is 2. The van der Waals surface area contributed by atoms with Crippen LogP contribution in [0.1, 0.15) is 13.8 Å². The first-order valence-electron chi connectivity index (χ1n) is 13.2. The number of halogens is 4. The van der Waals surface area contributed by atoms with E-state index >= 15 is 4.39 Å². The average molecular weight is 595 g/mol. The molecule has 2 amide bonds. The van der Waals surface area contributed by atoms with E-state index in [0.29, 0.717) is 67.4 Å². The summed E-state index contributed by atoms with van der Waals surface area (Å²) in [6.45, 7) is 7.47. The zero-order valence-corrected chi connectivity index (χ0v) is 23.6. The summed E-state index contributed by atoms with van der Waals surface area (Å²) in [6.07, 6.45) is -2.34. The lowest BCUT2D eigenvalue weighted by Crippen LogP contribution is -2.55. The predicted molar refractivity (Wildman–Crippen MR) is 149 cm³/mol. The Labute approximate surface area is 238 Å². The number of nitrogens with one attached hydrogen (secondary N) is 1. The third kappa shape index (κ3) is 6.14. The first kappa shape index (κ1) is 29.1. The number of aliphatic imine (C=N–C) groups is 1. The van der Waals surface area contributed by atoms with Crippen molar-refractivity contribution in [2.75, 3.05) is 61.6 Å². The number of benzene rings is 1. The maximum absolute atomic E-state index is 15.7. The highest BCUT2D eigenvalue weighted by molar-refractivity contribution is 7.18. The molecule has 41 heavy (non-hydrogen) atoms. The van der Waals surface area contributed by atoms with E-state index in [4.69, 9.17) is 4.74 Å². The second kappa shape index (κ2) is 11.5. The van der Waals surface area contributed by atoms with E-state index in [1.807, 2.05) is 30.7 Å². The molecule has 1 unspecified atom stereocenters. The number of piperazine rings is 1. The molecule has 0 aliphatic carbocycles. The molecule has 4 heterocycles. The minimum atomic E-state index is -4.91. The van der Waals surface area contributed by atoms with E-state index in [1.165, 1.54) is 23.5 Å². The fourth-order valence-electron chi connectivity index (χ4n) is 5.17. The third-order valence-electron chi connectivity index (χ3n) is 7.66. The van der Waals surface area contributed by atoms with Crippen LogP contribution in [0.25, 0.3) is 10.4 Å². The van der Waals surface area contributed by atoms with E-state index in [0.717, 1.165) is 0 Å². The van der Waals surface area contributed by atoms with Crippen LogP contribution in [0.3, 0.4) is 0 Å². The highest BCUT2D eigenvalue weighted by Crippen LogP contribution is 2.40. The summed E-state index contributed by atoms with van der Waals surface area (Å²) >= 11 is 1.28. The molecule has 0 spiro atoms. The average Bonchev–Trinajstić information content (AvgIpc) is 3.42. The van der Waals surface area contributed by atoms with Crippen LogP contribution in [-0.4, -0.2) is 92.6 Å². The maximum Gasteiger partial charge on any atom is 0.414 e. The number of alkyl halides is 3. The summed E-state index contributed by atoms with van der Waals surface area (Å²) in [7, 11) is 1.99. The number of carbonyl (C=O) groups is 2. The number of thiazole rings is 1. The van der Waals surface area contributed by atoms with Gasteiger partial charge in [0.2, 0.25) is 5.91 Å². The topological polar surface area (TPSA) is 90.4 Å². The van der Waals surface area contributed by atoms with Gasteiger partial charge in [-0.1, -0.05) is 11.3 Å². The van der Waals surface area contributed by atoms with Gasteiger partial charge in [-0.05, 0) is 33.0 Å². The number of ether oxygens (including phenoxy) is 1. The molecule has 14 heteroatoms. The lowest BCUT2D eigenvalue weighted by atomic mass is 9.95. The minimum Gasteiger partial charge on any atom is -0.378 e. The molecule has 2 saturated heterocycles. The number of dihydropyridines is 1. The zero-order chi connectivity index (χ0) is 29.5. The Balaban J connectivity index is 1.52. The van der Waals surface area contributed by atoms with Crippen molar-refractivity contribution in [3.8, 4) is 10.4 Å². The second-order valence-corrected chi connectivity index (χ2v) is 11.4. The van der Waals surface area contributed by atoms with E-state index < -0.39 is 35.3 Å². The fourth-order valence-corrected chi connectivity index (χ4v) is 6.16. The van der Waals surface area contributed by atoms with Crippen molar-refractivity contribution in [3.05, 3.63) is 35.8 Å². The van der Waals surface area contributed by atoms with Crippen LogP contribution < -0.4 is 15.1 Å². The van der Waals surface area contributed by atoms with Gasteiger partial charge >= 0.3 is 6.18 Å². The van der Waals surface area contributed by atoms with Crippen molar-refractivity contribution in [3.63, 3.8) is 0 Å². The van der Waals surface area contributed by atoms with E-state index in [1.54, 1.807) is 6.20 Å². The largest absolute Gasteiger partial charge is 0.414 e. The van der Waals surface area contributed by atoms with Gasteiger partial charge in [-0.3, -0.25) is 14.5 Å². The van der Waals surface area contributed by atoms with Crippen molar-refractivity contribution in [1.82, 2.24) is 9.88 Å². The molecule has 3 aliphatic rings. The van der Waals surface area contributed by atoms with Gasteiger partial charge in [-0.25, -0.2) is 14.4 Å². The number of anilines is 3. The summed E-state index contributed by atoms with van der Waals surface area (Å²) in [5.74, 6) is -4.50. The van der Waals surface area contributed by atoms with Gasteiger partial charge in [0.25, 0.3) is 5.91 Å². The number of aromatic nitrogens is 1. The molecule has 2 aromatic rings. The van der Waals surface area contributed by atoms with E-state index in [9.17, 15) is 22.8 Å². The first-order valence-corrected chi connectivity index (χ1v) is 14.0. The number of hydrogen-bond acceptors (Lipinski definition) is 8. The van der Waals surface area contributed by atoms with Gasteiger partial charge in [0.15, 0.2) is 5.13 Å². The molecular weight excluding hydrogens is 564 g/mol. The predicted octanol–water partition coefficient (Wildman–Crippen LogP) is 3.97. The Morgan fingerprint density at radius 2 is 1.80 bits per heavy atom. The summed E-state index contributed by atoms with van der Waals surface area (Å²) in [6, 6.07) is 2.94. The molecule has 0 radical (unpaired) electrons. The number of rotatable bonds is 5. The van der Waals surface area contributed by atoms with Crippen LogP contribution in [0.2, 0.25) is 0 Å². The SMILES string of the molecule is C[C@@H]1CN(c2cc(F)c(-c3cnc(N4CCOCC4)s3)cc2NC(=O)C2C=NC(=O)C=C2C(F)(F)F)C[C@H](C)N1C. The molecule has 1 aromatic heterocycles. The lowest BCUT2D eigenvalue weighted by molar-refractivity contribution is -0.124. The Morgan fingerprint density at radius 1 is 1.12 bits per heavy atom. The highest BCUT2D eigenvalue weighted by Gasteiger charge is 2.43. The number of hydrogen-bond donors (Lipinski definition) is 1. The van der Waals surface area contributed by atoms with Crippen molar-refractivity contribution in [2.45, 2.75) is 32.1 Å². The molecule has 1 aromatic carbocycles. The fraction of sp³-hybridized carbons (Fsp3) is 0.481. The number of amides is 2. The van der Waals surface area contributed by atoms with Crippen LogP contribution in [0, 0.1) is 11.7 Å². The smallest absolute Gasteiger partial charge is 0.378 e. The Morgan fingerprint density at radius 3 is 2.46 bits per heavy atom. The van der Waals surface area contributed by atoms with E-state index in [-0.39, 0.29) is 23.3 Å². The monoisotopic (exact) mass is 594 g/mol. The summed E-state index contributed by atoms with van der Waals surface area (Å²) in [5, 5.41) is 3.29. The first-order chi connectivity index (χ1) is 19.4. The summed E-state index contributed by atoms with van der Waals surface area (Å²) < 4.78 is 62.2. The molecular formula is C27H30F4N6O3S. The minimum absolute atomic E-state index is 0.0962. The number of nitrogens with zero attached hydrogens (tertiary/aromatic N) is 5. The third-order valence-corrected chi connectivity index (χ3v) is 8.75. The van der Waals surface area contributed by atoms with Gasteiger partial charge < -0.3 is 19.9 Å². The second-order valence-electron chi connectivity index (χ2n) is 10.4. The highest BCUT2D eigenvalue weighted by atomic mass is 32.1. The Kier molecular flexibility index (Phi) is 8.17. The van der Waals surface area contributed by atoms with Gasteiger partial charge in [-0.2, -0.15) is 13.2 Å². The van der Waals surface area contributed by atoms with Crippen molar-refractivity contribution in [1.29, 1.82) is 0 Å². The number of morpholine rings is 1. The van der Waals surface area contributed by atoms with Crippen LogP contribution in [0.5, 0.6) is 0 Å². The molecule has 220 valence electrons. The van der Waals surface area contributed by atoms with Crippen molar-refractivity contribution >= 4 is 45.9 Å². The number of likely N-dealkylation sites (N-methyl/N-ethyl adjacent to an activating group) is 1. The molecule has 2 fully saturated rings. The van der Waals surface area contributed by atoms with Crippen LogP contribution in [0.15, 0.2) is 35.0 Å². The lowest BCUT2D eigenvalue weighted by Gasteiger charge is -2.44. The van der Waals surface area contributed by atoms with Crippen LogP contribution >= 0.6 is 11.3 Å². The van der Waals surface area contributed by atoms with Crippen molar-refractivity contribution in [2.24, 2.45) is 10.9 Å². The molecule has 3 atom stereocenters. The molecule has 0 saturated carbocycles. The van der Waals surface area contributed by atoms with Gasteiger partial charge in [-0.15, -0.1) is 0 Å². The standard InChI is InChI=1S/C27H30F4N6O3S/c1-15-13-37(14-16(2)35(15)3)22-10-20(28)17(23-12-33-26(41-23)36-4-6-40-7-5-36)8-21(22)34-25(39)18-11-32-24(38)9-19(18)27(29,30)31/h8-12,15-16,18H,4-7,13-14H2,1-3H3,(H,34,39)/t15-,16+,18?. The quantitative estimate of drug-likeness (QED) is 0.524. The molecule has 5 rings (SSSR count).